The molecule has 0 saturated heterocycles. The third-order valence-corrected chi connectivity index (χ3v) is 2.93. The molecule has 90 valence electrons. The molecule has 0 aliphatic carbocycles. The van der Waals surface area contributed by atoms with Crippen LogP contribution in [-0.4, -0.2) is 6.04 Å². The second-order valence-corrected chi connectivity index (χ2v) is 4.92. The van der Waals surface area contributed by atoms with Gasteiger partial charge in [0.15, 0.2) is 0 Å². The molecule has 0 aliphatic rings. The van der Waals surface area contributed by atoms with Crippen LogP contribution < -0.4 is 5.32 Å². The van der Waals surface area contributed by atoms with Crippen molar-refractivity contribution in [2.75, 3.05) is 0 Å². The van der Waals surface area contributed by atoms with Gasteiger partial charge in [0.25, 0.3) is 0 Å². The summed E-state index contributed by atoms with van der Waals surface area (Å²) in [5.41, 5.74) is 4.12. The summed E-state index contributed by atoms with van der Waals surface area (Å²) in [6.45, 7) is 9.84. The lowest BCUT2D eigenvalue weighted by Crippen LogP contribution is -2.25. The fraction of sp³-hybridized carbons (Fsp3) is 0.600. The van der Waals surface area contributed by atoms with E-state index in [-0.39, 0.29) is 0 Å². The Morgan fingerprint density at radius 1 is 1.12 bits per heavy atom. The van der Waals surface area contributed by atoms with Crippen molar-refractivity contribution in [3.05, 3.63) is 34.9 Å². The molecule has 0 spiro atoms. The number of aryl methyl sites for hydroxylation is 2. The van der Waals surface area contributed by atoms with Crippen LogP contribution in [-0.2, 0) is 6.54 Å². The predicted molar refractivity (Wildman–Crippen MR) is 71.7 cm³/mol. The average molecular weight is 219 g/mol. The van der Waals surface area contributed by atoms with E-state index < -0.39 is 0 Å². The first-order valence-electron chi connectivity index (χ1n) is 6.42. The van der Waals surface area contributed by atoms with Gasteiger partial charge in [-0.25, -0.2) is 0 Å². The second kappa shape index (κ2) is 6.70. The molecule has 1 nitrogen and oxygen atoms in total. The predicted octanol–water partition coefficient (Wildman–Crippen LogP) is 3.97. The van der Waals surface area contributed by atoms with E-state index in [1.807, 2.05) is 0 Å². The van der Waals surface area contributed by atoms with Crippen molar-refractivity contribution < 1.29 is 0 Å². The van der Waals surface area contributed by atoms with E-state index >= 15 is 0 Å². The van der Waals surface area contributed by atoms with Crippen LogP contribution in [0, 0.1) is 13.8 Å². The minimum Gasteiger partial charge on any atom is -0.310 e. The van der Waals surface area contributed by atoms with E-state index in [2.05, 4.69) is 51.2 Å². The van der Waals surface area contributed by atoms with Gasteiger partial charge < -0.3 is 5.32 Å². The largest absolute Gasteiger partial charge is 0.310 e. The molecule has 0 aliphatic heterocycles. The fourth-order valence-electron chi connectivity index (χ4n) is 2.08. The minimum absolute atomic E-state index is 0.626. The molecule has 0 aromatic heterocycles. The van der Waals surface area contributed by atoms with Crippen molar-refractivity contribution in [2.24, 2.45) is 0 Å². The zero-order valence-corrected chi connectivity index (χ0v) is 11.1. The molecular formula is C15H25N. The summed E-state index contributed by atoms with van der Waals surface area (Å²) in [5.74, 6) is 0. The topological polar surface area (TPSA) is 12.0 Å². The van der Waals surface area contributed by atoms with Crippen molar-refractivity contribution in [2.45, 2.75) is 59.5 Å². The van der Waals surface area contributed by atoms with Crippen molar-refractivity contribution in [3.8, 4) is 0 Å². The highest BCUT2D eigenvalue weighted by molar-refractivity contribution is 5.28. The average Bonchev–Trinajstić information content (AvgIpc) is 2.22. The quantitative estimate of drug-likeness (QED) is 0.763. The first-order valence-corrected chi connectivity index (χ1v) is 6.42. The SMILES string of the molecule is CCCCC(C)NCc1cc(C)cc(C)c1. The molecule has 1 unspecified atom stereocenters. The molecule has 1 N–H and O–H groups in total. The maximum atomic E-state index is 3.59. The number of benzene rings is 1. The molecule has 1 aromatic rings. The summed E-state index contributed by atoms with van der Waals surface area (Å²) >= 11 is 0. The number of nitrogens with one attached hydrogen (secondary N) is 1. The van der Waals surface area contributed by atoms with Crippen LogP contribution in [0.5, 0.6) is 0 Å². The Balaban J connectivity index is 2.41. The van der Waals surface area contributed by atoms with Crippen LogP contribution in [0.1, 0.15) is 49.8 Å². The van der Waals surface area contributed by atoms with Gasteiger partial charge in [0.05, 0.1) is 0 Å². The lowest BCUT2D eigenvalue weighted by Gasteiger charge is -2.14. The van der Waals surface area contributed by atoms with Gasteiger partial charge in [0.1, 0.15) is 0 Å². The zero-order valence-electron chi connectivity index (χ0n) is 11.1. The summed E-state index contributed by atoms with van der Waals surface area (Å²) in [6, 6.07) is 7.39. The molecular weight excluding hydrogens is 194 g/mol. The Bertz CT molecular complexity index is 297. The number of hydrogen-bond donors (Lipinski definition) is 1. The Morgan fingerprint density at radius 2 is 1.75 bits per heavy atom. The van der Waals surface area contributed by atoms with Gasteiger partial charge in [0.2, 0.25) is 0 Å². The van der Waals surface area contributed by atoms with Gasteiger partial charge in [-0.05, 0) is 32.8 Å². The van der Waals surface area contributed by atoms with Gasteiger partial charge in [-0.3, -0.25) is 0 Å². The van der Waals surface area contributed by atoms with E-state index in [1.54, 1.807) is 0 Å². The third kappa shape index (κ3) is 4.80. The highest BCUT2D eigenvalue weighted by Gasteiger charge is 2.01. The second-order valence-electron chi connectivity index (χ2n) is 4.92. The molecule has 1 aromatic carbocycles. The fourth-order valence-corrected chi connectivity index (χ4v) is 2.08. The molecule has 0 saturated carbocycles. The van der Waals surface area contributed by atoms with Gasteiger partial charge in [-0.1, -0.05) is 49.1 Å². The first-order chi connectivity index (χ1) is 7.61. The normalized spacial score (nSPS) is 12.8. The molecule has 0 amide bonds. The Kier molecular flexibility index (Phi) is 5.54. The van der Waals surface area contributed by atoms with Crippen molar-refractivity contribution in [1.82, 2.24) is 5.32 Å². The molecule has 0 radical (unpaired) electrons. The van der Waals surface area contributed by atoms with E-state index in [9.17, 15) is 0 Å². The van der Waals surface area contributed by atoms with Crippen LogP contribution in [0.3, 0.4) is 0 Å². The van der Waals surface area contributed by atoms with E-state index in [0.29, 0.717) is 6.04 Å². The van der Waals surface area contributed by atoms with Crippen LogP contribution >= 0.6 is 0 Å². The van der Waals surface area contributed by atoms with Crippen LogP contribution in [0.2, 0.25) is 0 Å². The van der Waals surface area contributed by atoms with Crippen molar-refractivity contribution in [3.63, 3.8) is 0 Å². The Hall–Kier alpha value is -0.820. The summed E-state index contributed by atoms with van der Waals surface area (Å²) in [7, 11) is 0. The lowest BCUT2D eigenvalue weighted by atomic mass is 10.1. The summed E-state index contributed by atoms with van der Waals surface area (Å²) in [6.07, 6.45) is 3.89. The van der Waals surface area contributed by atoms with Gasteiger partial charge >= 0.3 is 0 Å². The maximum Gasteiger partial charge on any atom is 0.0208 e. The highest BCUT2D eigenvalue weighted by Crippen LogP contribution is 2.09. The first kappa shape index (κ1) is 13.2. The summed E-state index contributed by atoms with van der Waals surface area (Å²) in [5, 5.41) is 3.59. The molecule has 0 fully saturated rings. The lowest BCUT2D eigenvalue weighted by molar-refractivity contribution is 0.495. The third-order valence-electron chi connectivity index (χ3n) is 2.93. The summed E-state index contributed by atoms with van der Waals surface area (Å²) in [4.78, 5) is 0. The zero-order chi connectivity index (χ0) is 12.0. The maximum absolute atomic E-state index is 3.59. The van der Waals surface area contributed by atoms with E-state index in [0.717, 1.165) is 6.54 Å². The molecule has 0 heterocycles. The molecule has 16 heavy (non-hydrogen) atoms. The Morgan fingerprint density at radius 3 is 2.31 bits per heavy atom. The van der Waals surface area contributed by atoms with Crippen LogP contribution in [0.15, 0.2) is 18.2 Å². The highest BCUT2D eigenvalue weighted by atomic mass is 14.9. The van der Waals surface area contributed by atoms with E-state index in [1.165, 1.54) is 36.0 Å². The standard InChI is InChI=1S/C15H25N/c1-5-6-7-14(4)16-11-15-9-12(2)8-13(3)10-15/h8-10,14,16H,5-7,11H2,1-4H3. The van der Waals surface area contributed by atoms with Crippen LogP contribution in [0.25, 0.3) is 0 Å². The number of hydrogen-bond acceptors (Lipinski definition) is 1. The van der Waals surface area contributed by atoms with Gasteiger partial charge in [-0.2, -0.15) is 0 Å². The molecule has 1 rings (SSSR count). The summed E-state index contributed by atoms with van der Waals surface area (Å²) < 4.78 is 0. The number of unbranched alkanes of at least 4 members (excludes halogenated alkanes) is 1. The smallest absolute Gasteiger partial charge is 0.0208 e. The molecule has 0 bridgehead atoms. The van der Waals surface area contributed by atoms with Crippen LogP contribution in [0.4, 0.5) is 0 Å². The van der Waals surface area contributed by atoms with Crippen molar-refractivity contribution >= 4 is 0 Å². The minimum atomic E-state index is 0.626. The molecule has 1 heteroatoms. The molecule has 1 atom stereocenters. The van der Waals surface area contributed by atoms with Gasteiger partial charge in [-0.15, -0.1) is 0 Å². The number of rotatable bonds is 6. The Labute approximate surface area is 100 Å². The van der Waals surface area contributed by atoms with Gasteiger partial charge in [0, 0.05) is 12.6 Å². The van der Waals surface area contributed by atoms with Crippen molar-refractivity contribution in [1.29, 1.82) is 0 Å². The monoisotopic (exact) mass is 219 g/mol. The van der Waals surface area contributed by atoms with E-state index in [4.69, 9.17) is 0 Å².